The fourth-order valence-corrected chi connectivity index (χ4v) is 1.16. The average molecular weight is 129 g/mol. The van der Waals surface area contributed by atoms with Crippen LogP contribution in [-0.4, -0.2) is 4.55 Å². The second-order valence-electron chi connectivity index (χ2n) is 1.58. The van der Waals surface area contributed by atoms with E-state index in [-0.39, 0.29) is 0 Å². The number of rotatable bonds is 0. The zero-order valence-corrected chi connectivity index (χ0v) is 5.37. The number of hydrogen-bond donors (Lipinski definition) is 1. The summed E-state index contributed by atoms with van der Waals surface area (Å²) in [7, 11) is 0. The molecule has 1 rings (SSSR count). The highest BCUT2D eigenvalue weighted by molar-refractivity contribution is 7.92. The highest BCUT2D eigenvalue weighted by Gasteiger charge is 2.02. The first kappa shape index (κ1) is 5.72. The normalized spacial score (nSPS) is 26.8. The molecule has 1 unspecified atom stereocenters. The first-order valence-electron chi connectivity index (χ1n) is 2.31. The second-order valence-corrected chi connectivity index (χ2v) is 2.65. The van der Waals surface area contributed by atoms with Gasteiger partial charge in [0.15, 0.2) is 0 Å². The smallest absolute Gasteiger partial charge is 0.144 e. The van der Waals surface area contributed by atoms with Crippen LogP contribution in [0.15, 0.2) is 23.3 Å². The molecule has 0 amide bonds. The van der Waals surface area contributed by atoms with Gasteiger partial charge in [-0.3, -0.25) is 0 Å². The van der Waals surface area contributed by atoms with Crippen LogP contribution >= 0.6 is 0 Å². The van der Waals surface area contributed by atoms with E-state index in [0.717, 1.165) is 5.70 Å². The molecule has 0 aromatic carbocycles. The van der Waals surface area contributed by atoms with E-state index >= 15 is 0 Å². The van der Waals surface area contributed by atoms with Crippen LogP contribution in [0.5, 0.6) is 0 Å². The second kappa shape index (κ2) is 2.24. The van der Waals surface area contributed by atoms with Gasteiger partial charge >= 0.3 is 0 Å². The zero-order valence-electron chi connectivity index (χ0n) is 4.55. The minimum Gasteiger partial charge on any atom is -0.588 e. The maximum atomic E-state index is 10.5. The summed E-state index contributed by atoms with van der Waals surface area (Å²) in [6, 6.07) is 0. The van der Waals surface area contributed by atoms with E-state index in [2.05, 4.69) is 4.72 Å². The van der Waals surface area contributed by atoms with E-state index in [1.165, 1.54) is 0 Å². The van der Waals surface area contributed by atoms with E-state index in [4.69, 9.17) is 0 Å². The van der Waals surface area contributed by atoms with Gasteiger partial charge < -0.3 is 4.55 Å². The fraction of sp³-hybridized carbons (Fsp3) is 0.200. The summed E-state index contributed by atoms with van der Waals surface area (Å²) in [5, 5.41) is 1.60. The molecule has 0 aromatic heterocycles. The molecule has 0 aliphatic carbocycles. The van der Waals surface area contributed by atoms with Crippen molar-refractivity contribution in [3.63, 3.8) is 0 Å². The van der Waals surface area contributed by atoms with E-state index < -0.39 is 11.4 Å². The molecule has 0 spiro atoms. The Balaban J connectivity index is 2.59. The van der Waals surface area contributed by atoms with Crippen LogP contribution in [0.25, 0.3) is 0 Å². The van der Waals surface area contributed by atoms with Crippen molar-refractivity contribution >= 4 is 11.4 Å². The molecule has 1 aliphatic rings. The quantitative estimate of drug-likeness (QED) is 0.488. The maximum Gasteiger partial charge on any atom is 0.144 e. The van der Waals surface area contributed by atoms with Gasteiger partial charge in [-0.1, -0.05) is 0 Å². The molecule has 2 nitrogen and oxygen atoms in total. The van der Waals surface area contributed by atoms with Gasteiger partial charge in [0.25, 0.3) is 0 Å². The Morgan fingerprint density at radius 3 is 2.88 bits per heavy atom. The van der Waals surface area contributed by atoms with Crippen LogP contribution in [0.1, 0.15) is 6.92 Å². The molecule has 1 aliphatic heterocycles. The highest BCUT2D eigenvalue weighted by Crippen LogP contribution is 2.00. The Kier molecular flexibility index (Phi) is 1.60. The van der Waals surface area contributed by atoms with Crippen molar-refractivity contribution in [2.75, 3.05) is 0 Å². The molecule has 0 saturated heterocycles. The van der Waals surface area contributed by atoms with E-state index in [1.807, 2.05) is 13.0 Å². The SMILES string of the molecule is CC1=CC=C[S+]([O-])N1. The lowest BCUT2D eigenvalue weighted by atomic mass is 10.4. The Hall–Kier alpha value is -0.410. The van der Waals surface area contributed by atoms with Crippen molar-refractivity contribution in [1.82, 2.24) is 4.72 Å². The monoisotopic (exact) mass is 129 g/mol. The van der Waals surface area contributed by atoms with Crippen molar-refractivity contribution in [3.05, 3.63) is 23.3 Å². The van der Waals surface area contributed by atoms with Crippen LogP contribution in [0.2, 0.25) is 0 Å². The lowest BCUT2D eigenvalue weighted by Crippen LogP contribution is -2.20. The summed E-state index contributed by atoms with van der Waals surface area (Å²) >= 11 is -0.969. The van der Waals surface area contributed by atoms with Crippen LogP contribution in [0.4, 0.5) is 0 Å². The third-order valence-electron chi connectivity index (χ3n) is 0.810. The average Bonchev–Trinajstić information content (AvgIpc) is 1.64. The lowest BCUT2D eigenvalue weighted by Gasteiger charge is -2.09. The van der Waals surface area contributed by atoms with Gasteiger partial charge in [-0.2, -0.15) is 0 Å². The number of allylic oxidation sites excluding steroid dienone is 3. The number of hydrogen-bond acceptors (Lipinski definition) is 2. The molecule has 0 saturated carbocycles. The first-order valence-corrected chi connectivity index (χ1v) is 3.52. The van der Waals surface area contributed by atoms with Crippen molar-refractivity contribution in [1.29, 1.82) is 0 Å². The summed E-state index contributed by atoms with van der Waals surface area (Å²) in [6.45, 7) is 1.88. The fourth-order valence-electron chi connectivity index (χ4n) is 0.482. The zero-order chi connectivity index (χ0) is 5.98. The van der Waals surface area contributed by atoms with Crippen LogP contribution in [-0.2, 0) is 11.4 Å². The van der Waals surface area contributed by atoms with E-state index in [0.29, 0.717) is 0 Å². The molecule has 1 atom stereocenters. The van der Waals surface area contributed by atoms with Crippen LogP contribution in [0, 0.1) is 0 Å². The van der Waals surface area contributed by atoms with Crippen molar-refractivity contribution in [2.45, 2.75) is 6.92 Å². The third-order valence-corrected chi connectivity index (χ3v) is 1.74. The molecule has 44 valence electrons. The maximum absolute atomic E-state index is 10.5. The molecule has 0 bridgehead atoms. The predicted octanol–water partition coefficient (Wildman–Crippen LogP) is 0.671. The van der Waals surface area contributed by atoms with Crippen molar-refractivity contribution in [3.8, 4) is 0 Å². The topological polar surface area (TPSA) is 35.1 Å². The van der Waals surface area contributed by atoms with Gasteiger partial charge in [-0.05, 0) is 19.1 Å². The molecule has 0 radical (unpaired) electrons. The van der Waals surface area contributed by atoms with Crippen molar-refractivity contribution < 1.29 is 4.55 Å². The summed E-state index contributed by atoms with van der Waals surface area (Å²) in [6.07, 6.45) is 3.66. The molecule has 1 N–H and O–H groups in total. The molecular formula is C5H7NOS. The van der Waals surface area contributed by atoms with Crippen molar-refractivity contribution in [2.24, 2.45) is 0 Å². The van der Waals surface area contributed by atoms with E-state index in [1.54, 1.807) is 11.5 Å². The van der Waals surface area contributed by atoms with Gasteiger partial charge in [-0.15, -0.1) is 0 Å². The molecule has 0 fully saturated rings. The summed E-state index contributed by atoms with van der Waals surface area (Å²) < 4.78 is 13.3. The Morgan fingerprint density at radius 1 is 1.75 bits per heavy atom. The first-order chi connectivity index (χ1) is 3.79. The van der Waals surface area contributed by atoms with Gasteiger partial charge in [0.1, 0.15) is 5.41 Å². The van der Waals surface area contributed by atoms with E-state index in [9.17, 15) is 4.55 Å². The molecule has 1 heterocycles. The summed E-state index contributed by atoms with van der Waals surface area (Å²) in [4.78, 5) is 0. The molecular weight excluding hydrogens is 122 g/mol. The predicted molar refractivity (Wildman–Crippen MR) is 34.2 cm³/mol. The Bertz CT molecular complexity index is 141. The summed E-state index contributed by atoms with van der Waals surface area (Å²) in [5.41, 5.74) is 0.950. The largest absolute Gasteiger partial charge is 0.588 e. The molecule has 3 heteroatoms. The van der Waals surface area contributed by atoms with Gasteiger partial charge in [0, 0.05) is 0 Å². The Labute approximate surface area is 51.6 Å². The van der Waals surface area contributed by atoms with Gasteiger partial charge in [0.05, 0.1) is 17.1 Å². The molecule has 0 aromatic rings. The highest BCUT2D eigenvalue weighted by atomic mass is 32.2. The van der Waals surface area contributed by atoms with Crippen LogP contribution in [0.3, 0.4) is 0 Å². The van der Waals surface area contributed by atoms with Crippen LogP contribution < -0.4 is 4.72 Å². The molecule has 8 heavy (non-hydrogen) atoms. The lowest BCUT2D eigenvalue weighted by molar-refractivity contribution is 0.596. The third kappa shape index (κ3) is 1.28. The minimum atomic E-state index is -0.969. The summed E-state index contributed by atoms with van der Waals surface area (Å²) in [5.74, 6) is 0. The van der Waals surface area contributed by atoms with Gasteiger partial charge in [0.2, 0.25) is 0 Å². The number of nitrogens with one attached hydrogen (secondary N) is 1. The van der Waals surface area contributed by atoms with Gasteiger partial charge in [-0.25, -0.2) is 4.72 Å². The minimum absolute atomic E-state index is 0.950. The Morgan fingerprint density at radius 2 is 2.50 bits per heavy atom. The standard InChI is InChI=1S/C5H7NOS/c1-5-3-2-4-8(7)6-5/h2-4,6H,1H3.